The minimum atomic E-state index is -1.05. The van der Waals surface area contributed by atoms with Crippen LogP contribution in [-0.4, -0.2) is 35.1 Å². The highest BCUT2D eigenvalue weighted by molar-refractivity contribution is 6.34. The van der Waals surface area contributed by atoms with Gasteiger partial charge in [0.1, 0.15) is 0 Å². The number of amides is 2. The van der Waals surface area contributed by atoms with Gasteiger partial charge in [0.05, 0.1) is 16.3 Å². The number of carbonyl (C=O) groups is 2. The molecule has 0 bridgehead atoms. The van der Waals surface area contributed by atoms with E-state index in [1.807, 2.05) is 0 Å². The van der Waals surface area contributed by atoms with Crippen LogP contribution >= 0.6 is 11.6 Å². The fraction of sp³-hybridized carbons (Fsp3) is 0.385. The molecule has 0 saturated carbocycles. The smallest absolute Gasteiger partial charge is 0.335 e. The molecular formula is C13H15ClN2O3. The highest BCUT2D eigenvalue weighted by Crippen LogP contribution is 2.24. The Bertz CT molecular complexity index is 499. The molecule has 0 unspecified atom stereocenters. The second kappa shape index (κ2) is 5.93. The van der Waals surface area contributed by atoms with Crippen LogP contribution in [0.15, 0.2) is 18.2 Å². The summed E-state index contributed by atoms with van der Waals surface area (Å²) >= 11 is 5.96. The van der Waals surface area contributed by atoms with Crippen molar-refractivity contribution in [1.82, 2.24) is 4.90 Å². The molecule has 0 radical (unpaired) electrons. The van der Waals surface area contributed by atoms with Crippen LogP contribution in [0, 0.1) is 0 Å². The summed E-state index contributed by atoms with van der Waals surface area (Å²) in [7, 11) is 0. The Kier molecular flexibility index (Phi) is 4.27. The van der Waals surface area contributed by atoms with Gasteiger partial charge in [-0.3, -0.25) is 0 Å². The number of carboxylic acids is 1. The minimum Gasteiger partial charge on any atom is -0.478 e. The average molecular weight is 283 g/mol. The fourth-order valence-corrected chi connectivity index (χ4v) is 2.27. The number of hydrogen-bond acceptors (Lipinski definition) is 2. The van der Waals surface area contributed by atoms with E-state index < -0.39 is 5.97 Å². The molecule has 0 atom stereocenters. The molecule has 19 heavy (non-hydrogen) atoms. The number of urea groups is 1. The number of carbonyl (C=O) groups excluding carboxylic acids is 1. The highest BCUT2D eigenvalue weighted by Gasteiger charge is 2.17. The van der Waals surface area contributed by atoms with Gasteiger partial charge >= 0.3 is 12.0 Å². The van der Waals surface area contributed by atoms with Crippen molar-refractivity contribution in [3.63, 3.8) is 0 Å². The first kappa shape index (κ1) is 13.7. The van der Waals surface area contributed by atoms with Crippen LogP contribution in [0.1, 0.15) is 29.6 Å². The van der Waals surface area contributed by atoms with Gasteiger partial charge in [0.2, 0.25) is 0 Å². The summed E-state index contributed by atoms with van der Waals surface area (Å²) in [5, 5.41) is 11.8. The number of rotatable bonds is 2. The summed E-state index contributed by atoms with van der Waals surface area (Å²) in [5.41, 5.74) is 0.531. The molecule has 102 valence electrons. The van der Waals surface area contributed by atoms with E-state index in [4.69, 9.17) is 16.7 Å². The Hall–Kier alpha value is -1.75. The summed E-state index contributed by atoms with van der Waals surface area (Å²) in [5.74, 6) is -1.05. The minimum absolute atomic E-state index is 0.0981. The predicted octanol–water partition coefficient (Wildman–Crippen LogP) is 3.06. The zero-order chi connectivity index (χ0) is 13.8. The van der Waals surface area contributed by atoms with E-state index in [0.717, 1.165) is 32.4 Å². The summed E-state index contributed by atoms with van der Waals surface area (Å²) in [6.45, 7) is 1.49. The number of aromatic carboxylic acids is 1. The van der Waals surface area contributed by atoms with E-state index in [9.17, 15) is 9.59 Å². The molecule has 6 heteroatoms. The second-order valence-electron chi connectivity index (χ2n) is 4.48. The number of nitrogens with one attached hydrogen (secondary N) is 1. The number of benzene rings is 1. The maximum Gasteiger partial charge on any atom is 0.335 e. The Labute approximate surface area is 116 Å². The van der Waals surface area contributed by atoms with Crippen LogP contribution in [0.3, 0.4) is 0 Å². The molecule has 5 nitrogen and oxygen atoms in total. The van der Waals surface area contributed by atoms with Crippen molar-refractivity contribution in [1.29, 1.82) is 0 Å². The number of likely N-dealkylation sites (tertiary alicyclic amines) is 1. The third kappa shape index (κ3) is 3.38. The predicted molar refractivity (Wildman–Crippen MR) is 72.9 cm³/mol. The lowest BCUT2D eigenvalue weighted by Gasteiger charge is -2.27. The molecule has 2 rings (SSSR count). The quantitative estimate of drug-likeness (QED) is 0.876. The largest absolute Gasteiger partial charge is 0.478 e. The molecule has 1 fully saturated rings. The van der Waals surface area contributed by atoms with E-state index in [1.54, 1.807) is 4.90 Å². The van der Waals surface area contributed by atoms with Crippen LogP contribution in [0.5, 0.6) is 0 Å². The molecule has 2 N–H and O–H groups in total. The standard InChI is InChI=1S/C13H15ClN2O3/c14-10-8-9(12(17)18)4-5-11(10)15-13(19)16-6-2-1-3-7-16/h4-5,8H,1-3,6-7H2,(H,15,19)(H,17,18). The van der Waals surface area contributed by atoms with Crippen molar-refractivity contribution >= 4 is 29.3 Å². The first-order valence-electron chi connectivity index (χ1n) is 6.16. The van der Waals surface area contributed by atoms with E-state index in [-0.39, 0.29) is 16.6 Å². The van der Waals surface area contributed by atoms with Gasteiger partial charge < -0.3 is 15.3 Å². The van der Waals surface area contributed by atoms with Crippen molar-refractivity contribution in [2.75, 3.05) is 18.4 Å². The third-order valence-electron chi connectivity index (χ3n) is 3.10. The number of halogens is 1. The lowest BCUT2D eigenvalue weighted by Crippen LogP contribution is -2.38. The average Bonchev–Trinajstić information content (AvgIpc) is 2.41. The molecule has 0 aliphatic carbocycles. The number of carboxylic acid groups (broad SMARTS) is 1. The van der Waals surface area contributed by atoms with E-state index in [2.05, 4.69) is 5.32 Å². The van der Waals surface area contributed by atoms with E-state index in [0.29, 0.717) is 5.69 Å². The monoisotopic (exact) mass is 282 g/mol. The topological polar surface area (TPSA) is 69.6 Å². The molecule has 1 saturated heterocycles. The molecule has 0 spiro atoms. The number of nitrogens with zero attached hydrogens (tertiary/aromatic N) is 1. The maximum absolute atomic E-state index is 12.0. The van der Waals surface area contributed by atoms with Gasteiger partial charge in [-0.25, -0.2) is 9.59 Å². The zero-order valence-electron chi connectivity index (χ0n) is 10.4. The van der Waals surface area contributed by atoms with Crippen molar-refractivity contribution in [2.24, 2.45) is 0 Å². The Morgan fingerprint density at radius 2 is 1.89 bits per heavy atom. The Morgan fingerprint density at radius 1 is 1.21 bits per heavy atom. The van der Waals surface area contributed by atoms with Gasteiger partial charge in [-0.05, 0) is 37.5 Å². The molecular weight excluding hydrogens is 268 g/mol. The lowest BCUT2D eigenvalue weighted by molar-refractivity contribution is 0.0697. The van der Waals surface area contributed by atoms with Crippen molar-refractivity contribution in [3.8, 4) is 0 Å². The number of hydrogen-bond donors (Lipinski definition) is 2. The van der Waals surface area contributed by atoms with Gasteiger partial charge in [-0.1, -0.05) is 11.6 Å². The first-order valence-corrected chi connectivity index (χ1v) is 6.54. The number of anilines is 1. The van der Waals surface area contributed by atoms with Gasteiger partial charge in [0.25, 0.3) is 0 Å². The lowest BCUT2D eigenvalue weighted by atomic mass is 10.1. The van der Waals surface area contributed by atoms with Gasteiger partial charge in [-0.2, -0.15) is 0 Å². The van der Waals surface area contributed by atoms with E-state index in [1.165, 1.54) is 18.2 Å². The highest BCUT2D eigenvalue weighted by atomic mass is 35.5. The summed E-state index contributed by atoms with van der Waals surface area (Å²) in [6.07, 6.45) is 3.18. The van der Waals surface area contributed by atoms with Gasteiger partial charge in [-0.15, -0.1) is 0 Å². The van der Waals surface area contributed by atoms with Crippen LogP contribution in [0.25, 0.3) is 0 Å². The van der Waals surface area contributed by atoms with Crippen molar-refractivity contribution in [2.45, 2.75) is 19.3 Å². The molecule has 0 aromatic heterocycles. The molecule has 2 amide bonds. The van der Waals surface area contributed by atoms with E-state index >= 15 is 0 Å². The molecule has 1 aliphatic heterocycles. The molecule has 1 heterocycles. The van der Waals surface area contributed by atoms with Crippen LogP contribution in [-0.2, 0) is 0 Å². The number of piperidine rings is 1. The maximum atomic E-state index is 12.0. The summed E-state index contributed by atoms with van der Waals surface area (Å²) in [6, 6.07) is 4.06. The van der Waals surface area contributed by atoms with Crippen LogP contribution in [0.4, 0.5) is 10.5 Å². The summed E-state index contributed by atoms with van der Waals surface area (Å²) < 4.78 is 0. The normalized spacial score (nSPS) is 15.1. The zero-order valence-corrected chi connectivity index (χ0v) is 11.1. The molecule has 1 aromatic rings. The van der Waals surface area contributed by atoms with Crippen molar-refractivity contribution < 1.29 is 14.7 Å². The van der Waals surface area contributed by atoms with Crippen molar-refractivity contribution in [3.05, 3.63) is 28.8 Å². The van der Waals surface area contributed by atoms with Gasteiger partial charge in [0.15, 0.2) is 0 Å². The van der Waals surface area contributed by atoms with Crippen LogP contribution < -0.4 is 5.32 Å². The molecule has 1 aliphatic rings. The fourth-order valence-electron chi connectivity index (χ4n) is 2.04. The SMILES string of the molecule is O=C(O)c1ccc(NC(=O)N2CCCCC2)c(Cl)c1. The van der Waals surface area contributed by atoms with Gasteiger partial charge in [0, 0.05) is 13.1 Å². The first-order chi connectivity index (χ1) is 9.08. The molecule has 1 aromatic carbocycles. The second-order valence-corrected chi connectivity index (χ2v) is 4.88. The Morgan fingerprint density at radius 3 is 2.47 bits per heavy atom. The Balaban J connectivity index is 2.06. The van der Waals surface area contributed by atoms with Crippen LogP contribution in [0.2, 0.25) is 5.02 Å². The summed E-state index contributed by atoms with van der Waals surface area (Å²) in [4.78, 5) is 24.5. The third-order valence-corrected chi connectivity index (χ3v) is 3.41.